The van der Waals surface area contributed by atoms with Crippen molar-refractivity contribution in [2.75, 3.05) is 6.54 Å². The van der Waals surface area contributed by atoms with E-state index in [2.05, 4.69) is 15.5 Å². The highest BCUT2D eigenvalue weighted by molar-refractivity contribution is 7.08. The highest BCUT2D eigenvalue weighted by Gasteiger charge is 2.25. The molecule has 1 unspecified atom stereocenters. The number of amides is 1. The Morgan fingerprint density at radius 3 is 2.79 bits per heavy atom. The molecule has 1 aromatic carbocycles. The first-order chi connectivity index (χ1) is 11.5. The summed E-state index contributed by atoms with van der Waals surface area (Å²) in [5, 5.41) is 24.8. The molecule has 3 rings (SSSR count). The second kappa shape index (κ2) is 6.50. The smallest absolute Gasteiger partial charge is 0.273 e. The average molecular weight is 346 g/mol. The van der Waals surface area contributed by atoms with Gasteiger partial charge in [-0.15, -0.1) is 5.10 Å². The highest BCUT2D eigenvalue weighted by Crippen LogP contribution is 2.22. The second-order valence-electron chi connectivity index (χ2n) is 5.46. The maximum absolute atomic E-state index is 12.9. The van der Waals surface area contributed by atoms with Crippen LogP contribution in [0, 0.1) is 5.82 Å². The molecule has 24 heavy (non-hydrogen) atoms. The van der Waals surface area contributed by atoms with Crippen LogP contribution in [0.2, 0.25) is 0 Å². The minimum Gasteiger partial charge on any atom is -0.384 e. The molecule has 0 saturated carbocycles. The van der Waals surface area contributed by atoms with E-state index >= 15 is 0 Å². The van der Waals surface area contributed by atoms with Crippen LogP contribution in [0.4, 0.5) is 4.39 Å². The van der Waals surface area contributed by atoms with Crippen LogP contribution in [0.15, 0.2) is 47.3 Å². The van der Waals surface area contributed by atoms with Crippen molar-refractivity contribution in [2.45, 2.75) is 12.5 Å². The Morgan fingerprint density at radius 1 is 1.38 bits per heavy atom. The Hall–Kier alpha value is -2.58. The number of aliphatic hydroxyl groups is 1. The molecule has 2 aromatic heterocycles. The van der Waals surface area contributed by atoms with Crippen molar-refractivity contribution in [2.24, 2.45) is 0 Å². The lowest BCUT2D eigenvalue weighted by molar-refractivity contribution is 0.0528. The Labute approximate surface area is 141 Å². The summed E-state index contributed by atoms with van der Waals surface area (Å²) in [6, 6.07) is 7.41. The minimum atomic E-state index is -1.16. The summed E-state index contributed by atoms with van der Waals surface area (Å²) in [5.41, 5.74) is 0.228. The van der Waals surface area contributed by atoms with Gasteiger partial charge >= 0.3 is 0 Å². The topological polar surface area (TPSA) is 80.0 Å². The molecule has 124 valence electrons. The molecule has 0 saturated heterocycles. The fourth-order valence-electron chi connectivity index (χ4n) is 2.08. The molecule has 2 heterocycles. The maximum atomic E-state index is 12.9. The molecule has 0 aliphatic heterocycles. The molecule has 0 fully saturated rings. The minimum absolute atomic E-state index is 0.0476. The number of hydrogen-bond acceptors (Lipinski definition) is 5. The van der Waals surface area contributed by atoms with Crippen LogP contribution < -0.4 is 5.32 Å². The van der Waals surface area contributed by atoms with E-state index in [-0.39, 0.29) is 18.1 Å². The number of halogens is 1. The van der Waals surface area contributed by atoms with E-state index in [0.717, 1.165) is 5.56 Å². The van der Waals surface area contributed by atoms with Crippen molar-refractivity contribution >= 4 is 17.2 Å². The standard InChI is InChI=1S/C16H15FN4O2S/c1-16(23,11-6-7-24-9-11)10-18-15(22)14-8-19-21(20-14)13-4-2-12(17)3-5-13/h2-9,23H,10H2,1H3,(H,18,22). The van der Waals surface area contributed by atoms with E-state index in [1.165, 1.54) is 46.6 Å². The molecular weight excluding hydrogens is 331 g/mol. The first-order valence-corrected chi connectivity index (χ1v) is 8.11. The SMILES string of the molecule is CC(O)(CNC(=O)c1cnn(-c2ccc(F)cc2)n1)c1ccsc1. The van der Waals surface area contributed by atoms with Gasteiger partial charge in [0.2, 0.25) is 0 Å². The van der Waals surface area contributed by atoms with Gasteiger partial charge in [0.25, 0.3) is 5.91 Å². The number of thiophene rings is 1. The van der Waals surface area contributed by atoms with Crippen molar-refractivity contribution in [3.63, 3.8) is 0 Å². The monoisotopic (exact) mass is 346 g/mol. The van der Waals surface area contributed by atoms with Gasteiger partial charge in [-0.3, -0.25) is 4.79 Å². The molecule has 0 aliphatic rings. The van der Waals surface area contributed by atoms with E-state index < -0.39 is 11.5 Å². The van der Waals surface area contributed by atoms with E-state index in [0.29, 0.717) is 5.69 Å². The number of rotatable bonds is 5. The van der Waals surface area contributed by atoms with Gasteiger partial charge in [0.15, 0.2) is 5.69 Å². The van der Waals surface area contributed by atoms with E-state index in [9.17, 15) is 14.3 Å². The largest absolute Gasteiger partial charge is 0.384 e. The summed E-state index contributed by atoms with van der Waals surface area (Å²) >= 11 is 1.47. The zero-order valence-corrected chi connectivity index (χ0v) is 13.6. The number of nitrogens with zero attached hydrogens (tertiary/aromatic N) is 3. The molecule has 0 bridgehead atoms. The van der Waals surface area contributed by atoms with Gasteiger partial charge in [-0.2, -0.15) is 21.2 Å². The molecule has 1 amide bonds. The summed E-state index contributed by atoms with van der Waals surface area (Å²) in [7, 11) is 0. The second-order valence-corrected chi connectivity index (χ2v) is 6.24. The lowest BCUT2D eigenvalue weighted by Gasteiger charge is -2.22. The van der Waals surface area contributed by atoms with Crippen LogP contribution in [0.5, 0.6) is 0 Å². The van der Waals surface area contributed by atoms with E-state index in [1.807, 2.05) is 16.8 Å². The third-order valence-corrected chi connectivity index (χ3v) is 4.20. The van der Waals surface area contributed by atoms with Crippen molar-refractivity contribution in [1.29, 1.82) is 0 Å². The molecular formula is C16H15FN4O2S. The van der Waals surface area contributed by atoms with Crippen LogP contribution in [0.1, 0.15) is 23.0 Å². The zero-order chi connectivity index (χ0) is 17.2. The molecule has 0 aliphatic carbocycles. The number of carbonyl (C=O) groups excluding carboxylic acids is 1. The number of benzene rings is 1. The van der Waals surface area contributed by atoms with Crippen LogP contribution in [-0.4, -0.2) is 32.6 Å². The lowest BCUT2D eigenvalue weighted by atomic mass is 9.99. The van der Waals surface area contributed by atoms with Gasteiger partial charge in [-0.05, 0) is 53.6 Å². The number of nitrogens with one attached hydrogen (secondary N) is 1. The predicted octanol–water partition coefficient (Wildman–Crippen LogP) is 2.11. The quantitative estimate of drug-likeness (QED) is 0.741. The van der Waals surface area contributed by atoms with Gasteiger partial charge in [-0.25, -0.2) is 4.39 Å². The Kier molecular flexibility index (Phi) is 4.41. The molecule has 0 radical (unpaired) electrons. The molecule has 8 heteroatoms. The van der Waals surface area contributed by atoms with Crippen LogP contribution in [0.25, 0.3) is 5.69 Å². The van der Waals surface area contributed by atoms with Gasteiger partial charge in [0.1, 0.15) is 11.4 Å². The summed E-state index contributed by atoms with van der Waals surface area (Å²) in [6.07, 6.45) is 1.32. The molecule has 2 N–H and O–H groups in total. The highest BCUT2D eigenvalue weighted by atomic mass is 32.1. The van der Waals surface area contributed by atoms with Crippen LogP contribution in [0.3, 0.4) is 0 Å². The molecule has 6 nitrogen and oxygen atoms in total. The Morgan fingerprint density at radius 2 is 2.12 bits per heavy atom. The maximum Gasteiger partial charge on any atom is 0.273 e. The third kappa shape index (κ3) is 3.50. The van der Waals surface area contributed by atoms with Gasteiger partial charge < -0.3 is 10.4 Å². The van der Waals surface area contributed by atoms with Crippen molar-refractivity contribution in [3.8, 4) is 5.69 Å². The molecule has 0 spiro atoms. The first-order valence-electron chi connectivity index (χ1n) is 7.17. The van der Waals surface area contributed by atoms with Gasteiger partial charge in [-0.1, -0.05) is 0 Å². The van der Waals surface area contributed by atoms with E-state index in [1.54, 1.807) is 6.92 Å². The van der Waals surface area contributed by atoms with Crippen molar-refractivity contribution in [3.05, 3.63) is 64.4 Å². The fourth-order valence-corrected chi connectivity index (χ4v) is 2.86. The Balaban J connectivity index is 1.67. The normalized spacial score (nSPS) is 13.5. The number of carbonyl (C=O) groups is 1. The lowest BCUT2D eigenvalue weighted by Crippen LogP contribution is -2.38. The third-order valence-electron chi connectivity index (χ3n) is 3.52. The summed E-state index contributed by atoms with van der Waals surface area (Å²) < 4.78 is 12.9. The summed E-state index contributed by atoms with van der Waals surface area (Å²) in [6.45, 7) is 1.68. The zero-order valence-electron chi connectivity index (χ0n) is 12.8. The number of aromatic nitrogens is 3. The van der Waals surface area contributed by atoms with Crippen molar-refractivity contribution in [1.82, 2.24) is 20.3 Å². The van der Waals surface area contributed by atoms with Crippen LogP contribution in [-0.2, 0) is 5.60 Å². The number of hydrogen-bond donors (Lipinski definition) is 2. The summed E-state index contributed by atoms with van der Waals surface area (Å²) in [5.74, 6) is -0.807. The van der Waals surface area contributed by atoms with Gasteiger partial charge in [0, 0.05) is 0 Å². The molecule has 3 aromatic rings. The van der Waals surface area contributed by atoms with Gasteiger partial charge in [0.05, 0.1) is 18.4 Å². The van der Waals surface area contributed by atoms with Crippen molar-refractivity contribution < 1.29 is 14.3 Å². The first kappa shape index (κ1) is 16.3. The molecule has 1 atom stereocenters. The summed E-state index contributed by atoms with van der Waals surface area (Å²) in [4.78, 5) is 13.4. The fraction of sp³-hybridized carbons (Fsp3) is 0.188. The predicted molar refractivity (Wildman–Crippen MR) is 87.5 cm³/mol. The Bertz CT molecular complexity index is 828. The van der Waals surface area contributed by atoms with E-state index in [4.69, 9.17) is 0 Å². The average Bonchev–Trinajstić information content (AvgIpc) is 3.25. The van der Waals surface area contributed by atoms with Crippen LogP contribution >= 0.6 is 11.3 Å².